The molecule has 0 saturated heterocycles. The highest BCUT2D eigenvalue weighted by atomic mass is 32.1. The topological polar surface area (TPSA) is 33.1 Å². The van der Waals surface area contributed by atoms with Crippen molar-refractivity contribution in [1.82, 2.24) is 4.98 Å². The Morgan fingerprint density at radius 3 is 2.86 bits per heavy atom. The first-order valence-corrected chi connectivity index (χ1v) is 5.50. The Hall–Kier alpha value is -0.930. The molecule has 74 valence electrons. The second-order valence-electron chi connectivity index (χ2n) is 3.51. The van der Waals surface area contributed by atoms with E-state index in [-0.39, 0.29) is 6.61 Å². The largest absolute Gasteiger partial charge is 0.396 e. The van der Waals surface area contributed by atoms with E-state index in [0.29, 0.717) is 6.42 Å². The molecule has 0 aliphatic rings. The smallest absolute Gasteiger partial charge is 0.0961 e. The molecule has 3 heteroatoms. The molecular weight excluding hydrogens is 194 g/mol. The Balaban J connectivity index is 2.58. The van der Waals surface area contributed by atoms with Crippen LogP contribution in [0.5, 0.6) is 0 Å². The standard InChI is InChI=1S/C11H13NOS/c1-7-5-8(2)11-9(6-7)14-10(12-11)3-4-13/h5-6,13H,3-4H2,1-2H3. The number of hydrogen-bond acceptors (Lipinski definition) is 3. The summed E-state index contributed by atoms with van der Waals surface area (Å²) >= 11 is 1.68. The number of fused-ring (bicyclic) bond motifs is 1. The first-order chi connectivity index (χ1) is 6.70. The van der Waals surface area contributed by atoms with Crippen LogP contribution in [0.1, 0.15) is 16.1 Å². The Labute approximate surface area is 87.2 Å². The molecule has 0 aliphatic heterocycles. The molecule has 0 aliphatic carbocycles. The van der Waals surface area contributed by atoms with E-state index in [1.165, 1.54) is 15.8 Å². The van der Waals surface area contributed by atoms with Crippen molar-refractivity contribution < 1.29 is 5.11 Å². The molecule has 2 rings (SSSR count). The quantitative estimate of drug-likeness (QED) is 0.820. The van der Waals surface area contributed by atoms with Crippen molar-refractivity contribution in [3.8, 4) is 0 Å². The molecule has 0 bridgehead atoms. The minimum absolute atomic E-state index is 0.178. The van der Waals surface area contributed by atoms with E-state index in [0.717, 1.165) is 10.5 Å². The number of aliphatic hydroxyl groups is 1. The molecule has 2 nitrogen and oxygen atoms in total. The van der Waals surface area contributed by atoms with Crippen LogP contribution in [0.3, 0.4) is 0 Å². The molecule has 1 heterocycles. The predicted octanol–water partition coefficient (Wildman–Crippen LogP) is 2.45. The Morgan fingerprint density at radius 2 is 2.14 bits per heavy atom. The van der Waals surface area contributed by atoms with Gasteiger partial charge in [0, 0.05) is 13.0 Å². The van der Waals surface area contributed by atoms with Crippen LogP contribution in [0.25, 0.3) is 10.2 Å². The Morgan fingerprint density at radius 1 is 1.36 bits per heavy atom. The summed E-state index contributed by atoms with van der Waals surface area (Å²) in [6.07, 6.45) is 0.665. The predicted molar refractivity (Wildman–Crippen MR) is 59.9 cm³/mol. The van der Waals surface area contributed by atoms with Crippen molar-refractivity contribution in [2.24, 2.45) is 0 Å². The number of aliphatic hydroxyl groups excluding tert-OH is 1. The summed E-state index contributed by atoms with van der Waals surface area (Å²) in [6, 6.07) is 4.30. The fourth-order valence-electron chi connectivity index (χ4n) is 1.62. The molecule has 14 heavy (non-hydrogen) atoms. The van der Waals surface area contributed by atoms with Crippen LogP contribution in [-0.2, 0) is 6.42 Å². The number of benzene rings is 1. The summed E-state index contributed by atoms with van der Waals surface area (Å²) in [5.41, 5.74) is 3.58. The fraction of sp³-hybridized carbons (Fsp3) is 0.364. The monoisotopic (exact) mass is 207 g/mol. The van der Waals surface area contributed by atoms with E-state index in [2.05, 4.69) is 31.0 Å². The summed E-state index contributed by atoms with van der Waals surface area (Å²) in [4.78, 5) is 4.50. The zero-order valence-corrected chi connectivity index (χ0v) is 9.19. The lowest BCUT2D eigenvalue weighted by atomic mass is 10.1. The summed E-state index contributed by atoms with van der Waals surface area (Å²) in [7, 11) is 0. The molecule has 2 aromatic rings. The van der Waals surface area contributed by atoms with Gasteiger partial charge in [0.15, 0.2) is 0 Å². The maximum Gasteiger partial charge on any atom is 0.0961 e. The van der Waals surface area contributed by atoms with Crippen LogP contribution < -0.4 is 0 Å². The van der Waals surface area contributed by atoms with Crippen molar-refractivity contribution in [2.45, 2.75) is 20.3 Å². The van der Waals surface area contributed by atoms with Gasteiger partial charge in [-0.05, 0) is 31.0 Å². The Bertz CT molecular complexity index is 462. The average Bonchev–Trinajstić information content (AvgIpc) is 2.48. The summed E-state index contributed by atoms with van der Waals surface area (Å²) < 4.78 is 1.23. The van der Waals surface area contributed by atoms with Gasteiger partial charge in [-0.2, -0.15) is 0 Å². The van der Waals surface area contributed by atoms with Gasteiger partial charge in [-0.15, -0.1) is 11.3 Å². The number of rotatable bonds is 2. The molecule has 1 N–H and O–H groups in total. The SMILES string of the molecule is Cc1cc(C)c2nc(CCO)sc2c1. The molecule has 1 aromatic heterocycles. The molecule has 0 unspecified atom stereocenters. The van der Waals surface area contributed by atoms with Crippen LogP contribution in [0.15, 0.2) is 12.1 Å². The lowest BCUT2D eigenvalue weighted by Crippen LogP contribution is -1.88. The zero-order chi connectivity index (χ0) is 10.1. The van der Waals surface area contributed by atoms with Gasteiger partial charge in [0.25, 0.3) is 0 Å². The number of hydrogen-bond donors (Lipinski definition) is 1. The molecule has 0 atom stereocenters. The summed E-state index contributed by atoms with van der Waals surface area (Å²) in [5.74, 6) is 0. The maximum atomic E-state index is 8.84. The van der Waals surface area contributed by atoms with Crippen molar-refractivity contribution in [2.75, 3.05) is 6.61 Å². The molecule has 0 fully saturated rings. The summed E-state index contributed by atoms with van der Waals surface area (Å²) in [5, 5.41) is 9.86. The van der Waals surface area contributed by atoms with Crippen molar-refractivity contribution in [1.29, 1.82) is 0 Å². The minimum atomic E-state index is 0.178. The minimum Gasteiger partial charge on any atom is -0.396 e. The highest BCUT2D eigenvalue weighted by molar-refractivity contribution is 7.18. The van der Waals surface area contributed by atoms with Gasteiger partial charge in [-0.25, -0.2) is 4.98 Å². The van der Waals surface area contributed by atoms with Gasteiger partial charge >= 0.3 is 0 Å². The van der Waals surface area contributed by atoms with E-state index in [4.69, 9.17) is 5.11 Å². The van der Waals surface area contributed by atoms with E-state index in [1.54, 1.807) is 11.3 Å². The molecular formula is C11H13NOS. The lowest BCUT2D eigenvalue weighted by Gasteiger charge is -1.95. The molecule has 1 aromatic carbocycles. The summed E-state index contributed by atoms with van der Waals surface area (Å²) in [6.45, 7) is 4.35. The third-order valence-electron chi connectivity index (χ3n) is 2.20. The normalized spacial score (nSPS) is 11.1. The van der Waals surface area contributed by atoms with E-state index in [1.807, 2.05) is 0 Å². The van der Waals surface area contributed by atoms with Gasteiger partial charge in [0.2, 0.25) is 0 Å². The highest BCUT2D eigenvalue weighted by Crippen LogP contribution is 2.26. The Kier molecular flexibility index (Phi) is 2.52. The number of thiazole rings is 1. The van der Waals surface area contributed by atoms with Crippen LogP contribution >= 0.6 is 11.3 Å². The van der Waals surface area contributed by atoms with E-state index < -0.39 is 0 Å². The van der Waals surface area contributed by atoms with Gasteiger partial charge < -0.3 is 5.11 Å². The number of aryl methyl sites for hydroxylation is 2. The number of aromatic nitrogens is 1. The maximum absolute atomic E-state index is 8.84. The first kappa shape index (κ1) is 9.62. The molecule has 0 saturated carbocycles. The van der Waals surface area contributed by atoms with Crippen molar-refractivity contribution in [3.05, 3.63) is 28.3 Å². The van der Waals surface area contributed by atoms with Crippen molar-refractivity contribution in [3.63, 3.8) is 0 Å². The van der Waals surface area contributed by atoms with Crippen molar-refractivity contribution >= 4 is 21.6 Å². The lowest BCUT2D eigenvalue weighted by molar-refractivity contribution is 0.299. The van der Waals surface area contributed by atoms with Crippen LogP contribution in [0.4, 0.5) is 0 Å². The van der Waals surface area contributed by atoms with E-state index >= 15 is 0 Å². The second-order valence-corrected chi connectivity index (χ2v) is 4.62. The molecule has 0 amide bonds. The third kappa shape index (κ3) is 1.65. The zero-order valence-electron chi connectivity index (χ0n) is 8.37. The molecule has 0 radical (unpaired) electrons. The molecule has 0 spiro atoms. The fourth-order valence-corrected chi connectivity index (χ4v) is 2.75. The average molecular weight is 207 g/mol. The third-order valence-corrected chi connectivity index (χ3v) is 3.26. The number of nitrogens with zero attached hydrogens (tertiary/aromatic N) is 1. The van der Waals surface area contributed by atoms with Gasteiger partial charge in [0.1, 0.15) is 0 Å². The second kappa shape index (κ2) is 3.67. The van der Waals surface area contributed by atoms with Gasteiger partial charge in [-0.1, -0.05) is 6.07 Å². The van der Waals surface area contributed by atoms with E-state index in [9.17, 15) is 0 Å². The van der Waals surface area contributed by atoms with Gasteiger partial charge in [0.05, 0.1) is 15.2 Å². The first-order valence-electron chi connectivity index (χ1n) is 4.68. The van der Waals surface area contributed by atoms with Crippen LogP contribution in [0, 0.1) is 13.8 Å². The van der Waals surface area contributed by atoms with Crippen LogP contribution in [-0.4, -0.2) is 16.7 Å². The van der Waals surface area contributed by atoms with Gasteiger partial charge in [-0.3, -0.25) is 0 Å². The highest BCUT2D eigenvalue weighted by Gasteiger charge is 2.05. The van der Waals surface area contributed by atoms with Crippen LogP contribution in [0.2, 0.25) is 0 Å².